The van der Waals surface area contributed by atoms with Gasteiger partial charge in [0, 0.05) is 18.1 Å². The van der Waals surface area contributed by atoms with Gasteiger partial charge in [-0.15, -0.1) is 0 Å². The Balaban J connectivity index is 2.53. The van der Waals surface area contributed by atoms with Gasteiger partial charge in [0.15, 0.2) is 5.78 Å². The number of carbonyl (C=O) groups excluding carboxylic acids is 1. The normalized spacial score (nSPS) is 13.4. The van der Waals surface area contributed by atoms with Crippen molar-refractivity contribution in [1.29, 1.82) is 0 Å². The summed E-state index contributed by atoms with van der Waals surface area (Å²) in [6, 6.07) is 0.746. The summed E-state index contributed by atoms with van der Waals surface area (Å²) in [5.41, 5.74) is 0.143. The summed E-state index contributed by atoms with van der Waals surface area (Å²) in [5.74, 6) is -1.87. The Morgan fingerprint density at radius 2 is 2.25 bits per heavy atom. The standard InChI is InChI=1S/C11H11F2NO2/c1-14-5-9(15)10-8(13)4-7(12)6-2-3-16-11(6)10/h4,14H,2-3,5H2,1H3. The molecule has 0 aliphatic carbocycles. The summed E-state index contributed by atoms with van der Waals surface area (Å²) < 4.78 is 32.0. The van der Waals surface area contributed by atoms with Crippen LogP contribution in [0.1, 0.15) is 15.9 Å². The molecule has 0 spiro atoms. The second-order valence-corrected chi connectivity index (χ2v) is 3.57. The molecule has 1 aliphatic heterocycles. The van der Waals surface area contributed by atoms with E-state index in [1.165, 1.54) is 0 Å². The van der Waals surface area contributed by atoms with Gasteiger partial charge < -0.3 is 10.1 Å². The Bertz CT molecular complexity index is 446. The number of ether oxygens (including phenoxy) is 1. The summed E-state index contributed by atoms with van der Waals surface area (Å²) in [5, 5.41) is 2.63. The van der Waals surface area contributed by atoms with Crippen LogP contribution in [0.5, 0.6) is 5.75 Å². The molecule has 0 amide bonds. The average molecular weight is 227 g/mol. The highest BCUT2D eigenvalue weighted by atomic mass is 19.1. The highest BCUT2D eigenvalue weighted by Gasteiger charge is 2.27. The minimum atomic E-state index is -0.863. The summed E-state index contributed by atoms with van der Waals surface area (Å²) in [6.07, 6.45) is 0.376. The van der Waals surface area contributed by atoms with Gasteiger partial charge in [-0.3, -0.25) is 4.79 Å². The molecule has 1 N–H and O–H groups in total. The Morgan fingerprint density at radius 3 is 2.94 bits per heavy atom. The van der Waals surface area contributed by atoms with Crippen molar-refractivity contribution in [2.24, 2.45) is 0 Å². The van der Waals surface area contributed by atoms with Crippen LogP contribution in [0.25, 0.3) is 0 Å². The number of hydrogen-bond acceptors (Lipinski definition) is 3. The number of benzene rings is 1. The van der Waals surface area contributed by atoms with Crippen LogP contribution >= 0.6 is 0 Å². The topological polar surface area (TPSA) is 38.3 Å². The average Bonchev–Trinajstić information content (AvgIpc) is 2.66. The number of likely N-dealkylation sites (N-methyl/N-ethyl adjacent to an activating group) is 1. The first-order chi connectivity index (χ1) is 7.65. The lowest BCUT2D eigenvalue weighted by Gasteiger charge is -2.08. The lowest BCUT2D eigenvalue weighted by Crippen LogP contribution is -2.20. The number of fused-ring (bicyclic) bond motifs is 1. The van der Waals surface area contributed by atoms with E-state index in [1.807, 2.05) is 0 Å². The molecule has 1 aromatic rings. The number of ketones is 1. The van der Waals surface area contributed by atoms with Gasteiger partial charge in [0.25, 0.3) is 0 Å². The monoisotopic (exact) mass is 227 g/mol. The van der Waals surface area contributed by atoms with Crippen molar-refractivity contribution in [3.05, 3.63) is 28.8 Å². The summed E-state index contributed by atoms with van der Waals surface area (Å²) in [4.78, 5) is 11.6. The van der Waals surface area contributed by atoms with E-state index < -0.39 is 17.4 Å². The summed E-state index contributed by atoms with van der Waals surface area (Å²) in [6.45, 7) is 0.286. The molecule has 0 saturated heterocycles. The highest BCUT2D eigenvalue weighted by Crippen LogP contribution is 2.33. The van der Waals surface area contributed by atoms with Crippen molar-refractivity contribution >= 4 is 5.78 Å². The van der Waals surface area contributed by atoms with Crippen molar-refractivity contribution in [1.82, 2.24) is 5.32 Å². The molecule has 0 radical (unpaired) electrons. The van der Waals surface area contributed by atoms with Gasteiger partial charge in [0.1, 0.15) is 17.4 Å². The lowest BCUT2D eigenvalue weighted by molar-refractivity contribution is 0.0986. The van der Waals surface area contributed by atoms with E-state index in [0.717, 1.165) is 6.07 Å². The van der Waals surface area contributed by atoms with E-state index in [1.54, 1.807) is 7.05 Å². The molecule has 3 nitrogen and oxygen atoms in total. The first kappa shape index (κ1) is 11.0. The molecule has 0 saturated carbocycles. The van der Waals surface area contributed by atoms with E-state index >= 15 is 0 Å². The molecule has 16 heavy (non-hydrogen) atoms. The van der Waals surface area contributed by atoms with E-state index in [0.29, 0.717) is 12.0 Å². The molecule has 1 aromatic carbocycles. The van der Waals surface area contributed by atoms with Gasteiger partial charge in [-0.25, -0.2) is 8.78 Å². The van der Waals surface area contributed by atoms with Crippen LogP contribution in [0.4, 0.5) is 8.78 Å². The van der Waals surface area contributed by atoms with Gasteiger partial charge in [-0.2, -0.15) is 0 Å². The van der Waals surface area contributed by atoms with Crippen LogP contribution in [0.3, 0.4) is 0 Å². The number of Topliss-reactive ketones (excluding diaryl/α,β-unsaturated/α-hetero) is 1. The zero-order valence-corrected chi connectivity index (χ0v) is 8.77. The smallest absolute Gasteiger partial charge is 0.183 e. The second-order valence-electron chi connectivity index (χ2n) is 3.57. The third-order valence-corrected chi connectivity index (χ3v) is 2.50. The fraction of sp³-hybridized carbons (Fsp3) is 0.364. The maximum atomic E-state index is 13.5. The molecule has 5 heteroatoms. The highest BCUT2D eigenvalue weighted by molar-refractivity contribution is 6.00. The largest absolute Gasteiger partial charge is 0.492 e. The zero-order chi connectivity index (χ0) is 11.7. The Labute approximate surface area is 91.4 Å². The van der Waals surface area contributed by atoms with E-state index in [9.17, 15) is 13.6 Å². The van der Waals surface area contributed by atoms with Crippen LogP contribution in [0.2, 0.25) is 0 Å². The SMILES string of the molecule is CNCC(=O)c1c(F)cc(F)c2c1OCC2. The first-order valence-corrected chi connectivity index (χ1v) is 4.96. The maximum absolute atomic E-state index is 13.5. The number of rotatable bonds is 3. The van der Waals surface area contributed by atoms with E-state index in [4.69, 9.17) is 4.74 Å². The predicted molar refractivity (Wildman–Crippen MR) is 53.8 cm³/mol. The number of halogens is 2. The van der Waals surface area contributed by atoms with Gasteiger partial charge >= 0.3 is 0 Å². The predicted octanol–water partition coefficient (Wildman–Crippen LogP) is 1.30. The third kappa shape index (κ3) is 1.67. The van der Waals surface area contributed by atoms with Gasteiger partial charge in [-0.05, 0) is 7.05 Å². The second kappa shape index (κ2) is 4.17. The Morgan fingerprint density at radius 1 is 1.50 bits per heavy atom. The van der Waals surface area contributed by atoms with Crippen LogP contribution in [0, 0.1) is 11.6 Å². The van der Waals surface area contributed by atoms with E-state index in [2.05, 4.69) is 5.32 Å². The van der Waals surface area contributed by atoms with Crippen molar-refractivity contribution in [2.75, 3.05) is 20.2 Å². The molecule has 2 rings (SSSR count). The van der Waals surface area contributed by atoms with Gasteiger partial charge in [0.05, 0.1) is 18.7 Å². The Kier molecular flexibility index (Phi) is 2.87. The summed E-state index contributed by atoms with van der Waals surface area (Å²) >= 11 is 0. The van der Waals surface area contributed by atoms with Gasteiger partial charge in [0.2, 0.25) is 0 Å². The lowest BCUT2D eigenvalue weighted by atomic mass is 10.0. The Hall–Kier alpha value is -1.49. The molecule has 1 aliphatic rings. The van der Waals surface area contributed by atoms with Crippen molar-refractivity contribution in [3.8, 4) is 5.75 Å². The number of hydrogen-bond donors (Lipinski definition) is 1. The fourth-order valence-corrected chi connectivity index (χ4v) is 1.79. The molecule has 86 valence electrons. The minimum absolute atomic E-state index is 0.00163. The van der Waals surface area contributed by atoms with Crippen LogP contribution in [0.15, 0.2) is 6.07 Å². The third-order valence-electron chi connectivity index (χ3n) is 2.50. The molecule has 0 bridgehead atoms. The quantitative estimate of drug-likeness (QED) is 0.791. The molecule has 0 fully saturated rings. The van der Waals surface area contributed by atoms with Crippen molar-refractivity contribution in [2.45, 2.75) is 6.42 Å². The number of nitrogens with one attached hydrogen (secondary N) is 1. The summed E-state index contributed by atoms with van der Waals surface area (Å²) in [7, 11) is 1.58. The zero-order valence-electron chi connectivity index (χ0n) is 8.77. The molecular weight excluding hydrogens is 216 g/mol. The fourth-order valence-electron chi connectivity index (χ4n) is 1.79. The van der Waals surface area contributed by atoms with Crippen LogP contribution in [-0.2, 0) is 6.42 Å². The molecule has 1 heterocycles. The van der Waals surface area contributed by atoms with Crippen molar-refractivity contribution < 1.29 is 18.3 Å². The number of carbonyl (C=O) groups is 1. The first-order valence-electron chi connectivity index (χ1n) is 4.96. The minimum Gasteiger partial charge on any atom is -0.492 e. The van der Waals surface area contributed by atoms with Crippen LogP contribution in [-0.4, -0.2) is 26.0 Å². The van der Waals surface area contributed by atoms with Gasteiger partial charge in [-0.1, -0.05) is 0 Å². The molecule has 0 unspecified atom stereocenters. The maximum Gasteiger partial charge on any atom is 0.183 e. The van der Waals surface area contributed by atoms with Crippen LogP contribution < -0.4 is 10.1 Å². The molecular formula is C11H11F2NO2. The van der Waals surface area contributed by atoms with E-state index in [-0.39, 0.29) is 24.5 Å². The van der Waals surface area contributed by atoms with Crippen molar-refractivity contribution in [3.63, 3.8) is 0 Å². The molecule has 0 atom stereocenters. The molecule has 0 aromatic heterocycles.